The predicted octanol–water partition coefficient (Wildman–Crippen LogP) is 3.62. The number of hydrogen-bond donors (Lipinski definition) is 4. The van der Waals surface area contributed by atoms with Gasteiger partial charge in [0, 0.05) is 18.1 Å². The molecule has 0 aliphatic carbocycles. The maximum Gasteiger partial charge on any atom is 0.240 e. The van der Waals surface area contributed by atoms with Crippen LogP contribution in [0.5, 0.6) is 0 Å². The summed E-state index contributed by atoms with van der Waals surface area (Å²) < 4.78 is 0. The minimum atomic E-state index is -0.845. The molecule has 0 heterocycles. The Morgan fingerprint density at radius 1 is 0.886 bits per heavy atom. The van der Waals surface area contributed by atoms with Gasteiger partial charge in [0.25, 0.3) is 0 Å². The molecular weight excluding hydrogens is 462 g/mol. The molecule has 0 radical (unpaired) electrons. The first-order valence-electron chi connectivity index (χ1n) is 11.4. The van der Waals surface area contributed by atoms with Crippen molar-refractivity contribution in [1.29, 1.82) is 5.41 Å². The average molecular weight is 492 g/mol. The lowest BCUT2D eigenvalue weighted by Gasteiger charge is -2.33. The second kappa shape index (κ2) is 12.6. The molecule has 0 bridgehead atoms. The third kappa shape index (κ3) is 7.32. The lowest BCUT2D eigenvalue weighted by atomic mass is 9.89. The molecule has 0 aliphatic rings. The zero-order chi connectivity index (χ0) is 25.2. The average Bonchev–Trinajstić information content (AvgIpc) is 2.85. The fourth-order valence-electron chi connectivity index (χ4n) is 4.03. The van der Waals surface area contributed by atoms with Crippen molar-refractivity contribution in [2.45, 2.75) is 31.3 Å². The topological polar surface area (TPSA) is 125 Å². The van der Waals surface area contributed by atoms with Gasteiger partial charge in [0.2, 0.25) is 11.8 Å². The van der Waals surface area contributed by atoms with E-state index in [-0.39, 0.29) is 18.4 Å². The molecule has 3 aromatic carbocycles. The highest BCUT2D eigenvalue weighted by Crippen LogP contribution is 2.29. The number of rotatable bonds is 11. The van der Waals surface area contributed by atoms with Crippen LogP contribution in [0.4, 0.5) is 0 Å². The third-order valence-electron chi connectivity index (χ3n) is 5.74. The number of primary amides is 1. The smallest absolute Gasteiger partial charge is 0.240 e. The maximum atomic E-state index is 14.2. The summed E-state index contributed by atoms with van der Waals surface area (Å²) in [5, 5.41) is 10.6. The van der Waals surface area contributed by atoms with E-state index in [0.29, 0.717) is 24.4 Å². The van der Waals surface area contributed by atoms with Crippen molar-refractivity contribution in [2.75, 3.05) is 6.54 Å². The Hall–Kier alpha value is -3.84. The highest BCUT2D eigenvalue weighted by Gasteiger charge is 2.34. The van der Waals surface area contributed by atoms with Crippen LogP contribution in [0.25, 0.3) is 0 Å². The SMILES string of the molecule is N=C(N)NCCC[C@H](C(N)=O)N(Cc1ccc(Cl)cc1)C(=O)C(c1ccccc1)c1ccccc1. The van der Waals surface area contributed by atoms with Gasteiger partial charge in [-0.3, -0.25) is 15.0 Å². The third-order valence-corrected chi connectivity index (χ3v) is 5.99. The summed E-state index contributed by atoms with van der Waals surface area (Å²) in [6.07, 6.45) is 0.824. The van der Waals surface area contributed by atoms with Crippen LogP contribution in [0.3, 0.4) is 0 Å². The summed E-state index contributed by atoms with van der Waals surface area (Å²) >= 11 is 6.06. The Bertz CT molecular complexity index is 1080. The molecule has 0 aliphatic heterocycles. The molecule has 2 amide bonds. The van der Waals surface area contributed by atoms with E-state index >= 15 is 0 Å². The second-order valence-electron chi connectivity index (χ2n) is 8.25. The van der Waals surface area contributed by atoms with Crippen LogP contribution in [0.2, 0.25) is 5.02 Å². The van der Waals surface area contributed by atoms with Crippen LogP contribution >= 0.6 is 11.6 Å². The highest BCUT2D eigenvalue weighted by atomic mass is 35.5. The van der Waals surface area contributed by atoms with Gasteiger partial charge in [0.05, 0.1) is 5.92 Å². The van der Waals surface area contributed by atoms with Gasteiger partial charge < -0.3 is 21.7 Å². The number of halogens is 1. The number of benzene rings is 3. The van der Waals surface area contributed by atoms with Gasteiger partial charge in [-0.1, -0.05) is 84.4 Å². The Morgan fingerprint density at radius 2 is 1.43 bits per heavy atom. The fraction of sp³-hybridized carbons (Fsp3) is 0.222. The van der Waals surface area contributed by atoms with Crippen molar-refractivity contribution >= 4 is 29.4 Å². The van der Waals surface area contributed by atoms with Crippen LogP contribution in [0.1, 0.15) is 35.4 Å². The van der Waals surface area contributed by atoms with E-state index < -0.39 is 17.9 Å². The van der Waals surface area contributed by atoms with Crippen LogP contribution < -0.4 is 16.8 Å². The molecule has 3 rings (SSSR count). The zero-order valence-electron chi connectivity index (χ0n) is 19.4. The normalized spacial score (nSPS) is 11.6. The van der Waals surface area contributed by atoms with Gasteiger partial charge in [0.1, 0.15) is 6.04 Å². The molecule has 0 unspecified atom stereocenters. The number of nitrogens with zero attached hydrogens (tertiary/aromatic N) is 1. The monoisotopic (exact) mass is 491 g/mol. The first-order chi connectivity index (χ1) is 16.9. The minimum absolute atomic E-state index is 0.150. The highest BCUT2D eigenvalue weighted by molar-refractivity contribution is 6.30. The predicted molar refractivity (Wildman–Crippen MR) is 139 cm³/mol. The van der Waals surface area contributed by atoms with Gasteiger partial charge in [0.15, 0.2) is 5.96 Å². The molecule has 8 heteroatoms. The van der Waals surface area contributed by atoms with Gasteiger partial charge in [-0.15, -0.1) is 0 Å². The molecule has 1 atom stereocenters. The number of hydrogen-bond acceptors (Lipinski definition) is 3. The summed E-state index contributed by atoms with van der Waals surface area (Å²) in [5.41, 5.74) is 13.7. The number of guanidine groups is 1. The van der Waals surface area contributed by atoms with Crippen LogP contribution in [-0.2, 0) is 16.1 Å². The summed E-state index contributed by atoms with van der Waals surface area (Å²) in [7, 11) is 0. The summed E-state index contributed by atoms with van der Waals surface area (Å²) in [6, 6.07) is 25.3. The Morgan fingerprint density at radius 3 is 1.91 bits per heavy atom. The first kappa shape index (κ1) is 25.8. The van der Waals surface area contributed by atoms with E-state index in [9.17, 15) is 9.59 Å². The van der Waals surface area contributed by atoms with E-state index in [0.717, 1.165) is 16.7 Å². The summed E-state index contributed by atoms with van der Waals surface area (Å²) in [6.45, 7) is 0.586. The summed E-state index contributed by atoms with van der Waals surface area (Å²) in [4.78, 5) is 28.4. The van der Waals surface area contributed by atoms with Crippen molar-refractivity contribution < 1.29 is 9.59 Å². The number of carbonyl (C=O) groups is 2. The van der Waals surface area contributed by atoms with Crippen molar-refractivity contribution in [3.05, 3.63) is 107 Å². The standard InChI is InChI=1S/C27H30ClN5O2/c28-22-15-13-19(14-16-22)18-33(23(25(29)34)12-7-17-32-27(30)31)26(35)24(20-8-3-1-4-9-20)21-10-5-2-6-11-21/h1-6,8-11,13-16,23-24H,7,12,17-18H2,(H2,29,34)(H4,30,31,32)/t23-/m1/s1. The molecule has 6 N–H and O–H groups in total. The second-order valence-corrected chi connectivity index (χ2v) is 8.68. The van der Waals surface area contributed by atoms with Crippen LogP contribution in [-0.4, -0.2) is 35.3 Å². The number of amides is 2. The van der Waals surface area contributed by atoms with Crippen LogP contribution in [0, 0.1) is 5.41 Å². The maximum absolute atomic E-state index is 14.2. The molecular formula is C27H30ClN5O2. The molecule has 0 saturated heterocycles. The molecule has 0 spiro atoms. The number of nitrogens with one attached hydrogen (secondary N) is 2. The van der Waals surface area contributed by atoms with Gasteiger partial charge in [-0.05, 0) is 41.7 Å². The van der Waals surface area contributed by atoms with Crippen molar-refractivity contribution in [1.82, 2.24) is 10.2 Å². The Labute approximate surface area is 210 Å². The lowest BCUT2D eigenvalue weighted by molar-refractivity contribution is -0.141. The largest absolute Gasteiger partial charge is 0.370 e. The van der Waals surface area contributed by atoms with Gasteiger partial charge in [-0.25, -0.2) is 0 Å². The Kier molecular flexibility index (Phi) is 9.26. The molecule has 182 valence electrons. The Balaban J connectivity index is 2.00. The molecule has 7 nitrogen and oxygen atoms in total. The van der Waals surface area contributed by atoms with E-state index in [1.807, 2.05) is 72.8 Å². The van der Waals surface area contributed by atoms with E-state index in [1.54, 1.807) is 17.0 Å². The molecule has 0 fully saturated rings. The minimum Gasteiger partial charge on any atom is -0.370 e. The number of nitrogens with two attached hydrogens (primary N) is 2. The quantitative estimate of drug-likeness (QED) is 0.186. The van der Waals surface area contributed by atoms with Crippen molar-refractivity contribution in [3.8, 4) is 0 Å². The number of carbonyl (C=O) groups excluding carboxylic acids is 2. The van der Waals surface area contributed by atoms with Crippen molar-refractivity contribution in [2.24, 2.45) is 11.5 Å². The molecule has 0 aromatic heterocycles. The van der Waals surface area contributed by atoms with E-state index in [2.05, 4.69) is 5.32 Å². The summed E-state index contributed by atoms with van der Waals surface area (Å²) in [5.74, 6) is -1.57. The molecule has 0 saturated carbocycles. The van der Waals surface area contributed by atoms with Crippen LogP contribution in [0.15, 0.2) is 84.9 Å². The molecule has 3 aromatic rings. The first-order valence-corrected chi connectivity index (χ1v) is 11.8. The molecule has 35 heavy (non-hydrogen) atoms. The van der Waals surface area contributed by atoms with E-state index in [1.165, 1.54) is 0 Å². The van der Waals surface area contributed by atoms with Gasteiger partial charge >= 0.3 is 0 Å². The zero-order valence-corrected chi connectivity index (χ0v) is 20.1. The van der Waals surface area contributed by atoms with E-state index in [4.69, 9.17) is 28.5 Å². The fourth-order valence-corrected chi connectivity index (χ4v) is 4.16. The van der Waals surface area contributed by atoms with Gasteiger partial charge in [-0.2, -0.15) is 0 Å². The van der Waals surface area contributed by atoms with Crippen molar-refractivity contribution in [3.63, 3.8) is 0 Å². The lowest BCUT2D eigenvalue weighted by Crippen LogP contribution is -2.49.